The Labute approximate surface area is 171 Å². The molecule has 0 fully saturated rings. The third-order valence-electron chi connectivity index (χ3n) is 3.97. The van der Waals surface area contributed by atoms with Gasteiger partial charge in [-0.2, -0.15) is 0 Å². The number of rotatable bonds is 10. The molecule has 0 bridgehead atoms. The van der Waals surface area contributed by atoms with Gasteiger partial charge in [0, 0.05) is 12.2 Å². The van der Waals surface area contributed by atoms with Crippen LogP contribution in [0.5, 0.6) is 0 Å². The number of thioether (sulfide) groups is 1. The van der Waals surface area contributed by atoms with Gasteiger partial charge in [-0.1, -0.05) is 42.0 Å². The first-order valence-corrected chi connectivity index (χ1v) is 10.5. The van der Waals surface area contributed by atoms with Crippen molar-refractivity contribution < 1.29 is 14.3 Å². The van der Waals surface area contributed by atoms with Gasteiger partial charge in [-0.05, 0) is 44.0 Å². The summed E-state index contributed by atoms with van der Waals surface area (Å²) in [6.45, 7) is 6.97. The second-order valence-electron chi connectivity index (χ2n) is 6.81. The summed E-state index contributed by atoms with van der Waals surface area (Å²) in [4.78, 5) is 24.0. The van der Waals surface area contributed by atoms with Crippen molar-refractivity contribution in [2.75, 3.05) is 16.8 Å². The van der Waals surface area contributed by atoms with Gasteiger partial charge in [-0.3, -0.25) is 9.59 Å². The van der Waals surface area contributed by atoms with Crippen LogP contribution < -0.4 is 10.6 Å². The van der Waals surface area contributed by atoms with Crippen LogP contribution in [0.2, 0.25) is 0 Å². The maximum absolute atomic E-state index is 12.1. The van der Waals surface area contributed by atoms with Crippen LogP contribution in [-0.2, 0) is 27.5 Å². The molecular weight excluding hydrogens is 372 g/mol. The molecule has 2 N–H and O–H groups in total. The first-order chi connectivity index (χ1) is 13.4. The Kier molecular flexibility index (Phi) is 9.04. The van der Waals surface area contributed by atoms with E-state index >= 15 is 0 Å². The molecule has 0 saturated heterocycles. The van der Waals surface area contributed by atoms with Gasteiger partial charge in [0.05, 0.1) is 24.2 Å². The lowest BCUT2D eigenvalue weighted by atomic mass is 10.1. The third-order valence-corrected chi connectivity index (χ3v) is 4.90. The number of ether oxygens (including phenoxy) is 1. The molecule has 0 saturated carbocycles. The van der Waals surface area contributed by atoms with E-state index in [2.05, 4.69) is 10.6 Å². The summed E-state index contributed by atoms with van der Waals surface area (Å²) >= 11 is 1.30. The molecule has 5 nitrogen and oxygen atoms in total. The number of aryl methyl sites for hydroxylation is 1. The van der Waals surface area contributed by atoms with Crippen molar-refractivity contribution in [1.29, 1.82) is 0 Å². The van der Waals surface area contributed by atoms with Gasteiger partial charge in [0.1, 0.15) is 0 Å². The van der Waals surface area contributed by atoms with E-state index in [1.807, 2.05) is 69.3 Å². The highest BCUT2D eigenvalue weighted by atomic mass is 32.2. The van der Waals surface area contributed by atoms with E-state index in [0.29, 0.717) is 13.2 Å². The highest BCUT2D eigenvalue weighted by molar-refractivity contribution is 8.00. The molecular formula is C22H28N2O3S. The van der Waals surface area contributed by atoms with Crippen LogP contribution in [0.15, 0.2) is 48.5 Å². The lowest BCUT2D eigenvalue weighted by Crippen LogP contribution is -2.26. The molecule has 0 unspecified atom stereocenters. The van der Waals surface area contributed by atoms with Crippen LogP contribution >= 0.6 is 11.8 Å². The number of amides is 2. The zero-order valence-electron chi connectivity index (χ0n) is 16.7. The van der Waals surface area contributed by atoms with Crippen molar-refractivity contribution >= 4 is 29.3 Å². The summed E-state index contributed by atoms with van der Waals surface area (Å²) in [5, 5.41) is 5.74. The minimum atomic E-state index is -0.113. The Bertz CT molecular complexity index is 776. The van der Waals surface area contributed by atoms with Crippen molar-refractivity contribution in [2.24, 2.45) is 0 Å². The summed E-state index contributed by atoms with van der Waals surface area (Å²) in [7, 11) is 0. The average Bonchev–Trinajstić information content (AvgIpc) is 2.67. The molecule has 2 aromatic carbocycles. The molecule has 0 spiro atoms. The van der Waals surface area contributed by atoms with Crippen molar-refractivity contribution in [2.45, 2.75) is 40.0 Å². The fourth-order valence-electron chi connectivity index (χ4n) is 2.44. The fraction of sp³-hybridized carbons (Fsp3) is 0.364. The number of anilines is 1. The van der Waals surface area contributed by atoms with Gasteiger partial charge in [0.15, 0.2) is 0 Å². The lowest BCUT2D eigenvalue weighted by Gasteiger charge is -2.13. The molecule has 28 heavy (non-hydrogen) atoms. The average molecular weight is 401 g/mol. The van der Waals surface area contributed by atoms with Gasteiger partial charge in [0.25, 0.3) is 0 Å². The second kappa shape index (κ2) is 11.5. The van der Waals surface area contributed by atoms with E-state index < -0.39 is 0 Å². The molecule has 2 amide bonds. The molecule has 0 aliphatic carbocycles. The highest BCUT2D eigenvalue weighted by Gasteiger charge is 2.08. The molecule has 0 aliphatic rings. The Hall–Kier alpha value is -2.31. The molecule has 0 aromatic heterocycles. The van der Waals surface area contributed by atoms with E-state index in [1.54, 1.807) is 0 Å². The predicted molar refractivity (Wildman–Crippen MR) is 115 cm³/mol. The van der Waals surface area contributed by atoms with Crippen LogP contribution in [0.25, 0.3) is 0 Å². The number of carbonyl (C=O) groups excluding carboxylic acids is 2. The van der Waals surface area contributed by atoms with Gasteiger partial charge in [-0.15, -0.1) is 11.8 Å². The molecule has 0 radical (unpaired) electrons. The minimum absolute atomic E-state index is 0.0901. The van der Waals surface area contributed by atoms with E-state index in [1.165, 1.54) is 11.8 Å². The lowest BCUT2D eigenvalue weighted by molar-refractivity contribution is -0.118. The largest absolute Gasteiger partial charge is 0.374 e. The van der Waals surface area contributed by atoms with Gasteiger partial charge < -0.3 is 15.4 Å². The zero-order chi connectivity index (χ0) is 20.4. The van der Waals surface area contributed by atoms with Crippen LogP contribution in [0.4, 0.5) is 5.69 Å². The molecule has 2 rings (SSSR count). The Morgan fingerprint density at radius 1 is 0.964 bits per heavy atom. The molecule has 0 atom stereocenters. The number of nitrogens with one attached hydrogen (secondary N) is 2. The highest BCUT2D eigenvalue weighted by Crippen LogP contribution is 2.12. The first-order valence-electron chi connectivity index (χ1n) is 9.33. The summed E-state index contributed by atoms with van der Waals surface area (Å²) in [5.74, 6) is 0.275. The van der Waals surface area contributed by atoms with Gasteiger partial charge >= 0.3 is 0 Å². The van der Waals surface area contributed by atoms with Crippen LogP contribution in [0.3, 0.4) is 0 Å². The SMILES string of the molecule is Cc1ccc(NC(=O)CSCC(=O)NCc2ccccc2COC(C)C)cc1. The topological polar surface area (TPSA) is 67.4 Å². The molecule has 6 heteroatoms. The summed E-state index contributed by atoms with van der Waals surface area (Å²) in [6.07, 6.45) is 0.158. The maximum atomic E-state index is 12.1. The number of hydrogen-bond acceptors (Lipinski definition) is 4. The van der Waals surface area contributed by atoms with E-state index in [0.717, 1.165) is 22.4 Å². The molecule has 0 aliphatic heterocycles. The number of carbonyl (C=O) groups is 2. The van der Waals surface area contributed by atoms with E-state index in [4.69, 9.17) is 4.74 Å². The molecule has 2 aromatic rings. The third kappa shape index (κ3) is 8.15. The Balaban J connectivity index is 1.70. The summed E-state index contributed by atoms with van der Waals surface area (Å²) in [5.41, 5.74) is 4.02. The van der Waals surface area contributed by atoms with E-state index in [-0.39, 0.29) is 29.4 Å². The Morgan fingerprint density at radius 2 is 1.61 bits per heavy atom. The Morgan fingerprint density at radius 3 is 2.29 bits per heavy atom. The van der Waals surface area contributed by atoms with Crippen molar-refractivity contribution in [3.05, 3.63) is 65.2 Å². The summed E-state index contributed by atoms with van der Waals surface area (Å²) in [6, 6.07) is 15.5. The maximum Gasteiger partial charge on any atom is 0.234 e. The van der Waals surface area contributed by atoms with Crippen molar-refractivity contribution in [3.63, 3.8) is 0 Å². The van der Waals surface area contributed by atoms with Gasteiger partial charge in [0.2, 0.25) is 11.8 Å². The fourth-order valence-corrected chi connectivity index (χ4v) is 3.09. The summed E-state index contributed by atoms with van der Waals surface area (Å²) < 4.78 is 5.66. The second-order valence-corrected chi connectivity index (χ2v) is 7.80. The molecule has 150 valence electrons. The minimum Gasteiger partial charge on any atom is -0.374 e. The van der Waals surface area contributed by atoms with Crippen molar-refractivity contribution in [3.8, 4) is 0 Å². The molecule has 0 heterocycles. The zero-order valence-corrected chi connectivity index (χ0v) is 17.5. The quantitative estimate of drug-likeness (QED) is 0.635. The number of hydrogen-bond donors (Lipinski definition) is 2. The van der Waals surface area contributed by atoms with E-state index in [9.17, 15) is 9.59 Å². The first kappa shape index (κ1) is 22.0. The monoisotopic (exact) mass is 400 g/mol. The standard InChI is InChI=1S/C22H28N2O3S/c1-16(2)27-13-19-7-5-4-6-18(19)12-23-21(25)14-28-15-22(26)24-20-10-8-17(3)9-11-20/h4-11,16H,12-15H2,1-3H3,(H,23,25)(H,24,26). The van der Waals surface area contributed by atoms with Crippen molar-refractivity contribution in [1.82, 2.24) is 5.32 Å². The van der Waals surface area contributed by atoms with Crippen LogP contribution in [0.1, 0.15) is 30.5 Å². The number of benzene rings is 2. The van der Waals surface area contributed by atoms with Crippen LogP contribution in [-0.4, -0.2) is 29.4 Å². The smallest absolute Gasteiger partial charge is 0.234 e. The van der Waals surface area contributed by atoms with Crippen LogP contribution in [0, 0.1) is 6.92 Å². The van der Waals surface area contributed by atoms with Gasteiger partial charge in [-0.25, -0.2) is 0 Å². The normalized spacial score (nSPS) is 10.7. The predicted octanol–water partition coefficient (Wildman–Crippen LogP) is 3.91.